The summed E-state index contributed by atoms with van der Waals surface area (Å²) < 4.78 is 33.1. The molecule has 7 nitrogen and oxygen atoms in total. The van der Waals surface area contributed by atoms with Crippen molar-refractivity contribution in [1.82, 2.24) is 14.9 Å². The maximum atomic E-state index is 12.5. The molecule has 1 aromatic carbocycles. The van der Waals surface area contributed by atoms with Crippen molar-refractivity contribution in [2.45, 2.75) is 57.1 Å². The number of guanidine groups is 1. The molecule has 0 bridgehead atoms. The molecule has 0 radical (unpaired) electrons. The van der Waals surface area contributed by atoms with Crippen LogP contribution in [0.4, 0.5) is 0 Å². The fourth-order valence-corrected chi connectivity index (χ4v) is 4.74. The van der Waals surface area contributed by atoms with E-state index in [1.165, 1.54) is 12.8 Å². The minimum Gasteiger partial charge on any atom is -0.377 e. The van der Waals surface area contributed by atoms with E-state index in [0.29, 0.717) is 19.7 Å². The summed E-state index contributed by atoms with van der Waals surface area (Å²) in [4.78, 5) is 7.36. The molecule has 2 heterocycles. The van der Waals surface area contributed by atoms with Gasteiger partial charge >= 0.3 is 0 Å². The van der Waals surface area contributed by atoms with Gasteiger partial charge in [-0.25, -0.2) is 18.1 Å². The first-order valence-electron chi connectivity index (χ1n) is 10.7. The Morgan fingerprint density at radius 1 is 1.21 bits per heavy atom. The summed E-state index contributed by atoms with van der Waals surface area (Å²) in [5.74, 6) is 1.71. The Morgan fingerprint density at radius 2 is 1.93 bits per heavy atom. The van der Waals surface area contributed by atoms with Gasteiger partial charge in [0.2, 0.25) is 10.0 Å². The number of nitrogens with zero attached hydrogens (tertiary/aromatic N) is 2. The van der Waals surface area contributed by atoms with Gasteiger partial charge in [0.15, 0.2) is 5.96 Å². The van der Waals surface area contributed by atoms with Gasteiger partial charge in [-0.3, -0.25) is 0 Å². The molecule has 1 aromatic rings. The Hall–Kier alpha value is -1.64. The lowest BCUT2D eigenvalue weighted by atomic mass is 10.00. The SMILES string of the molecule is CCNC(=NCc1ccc(S(=O)(=O)NCC2CCCO2)cc1)N1CCC(C)CC1. The van der Waals surface area contributed by atoms with Crippen LogP contribution in [0.2, 0.25) is 0 Å². The summed E-state index contributed by atoms with van der Waals surface area (Å²) in [6.45, 7) is 8.83. The monoisotopic (exact) mass is 422 g/mol. The van der Waals surface area contributed by atoms with Gasteiger partial charge < -0.3 is 15.0 Å². The Kier molecular flexibility index (Phi) is 7.91. The largest absolute Gasteiger partial charge is 0.377 e. The number of piperidine rings is 1. The molecule has 0 aliphatic carbocycles. The number of nitrogens with one attached hydrogen (secondary N) is 2. The molecule has 0 spiro atoms. The number of ether oxygens (including phenoxy) is 1. The normalized spacial score (nSPS) is 21.5. The smallest absolute Gasteiger partial charge is 0.240 e. The first kappa shape index (κ1) is 22.1. The molecule has 162 valence electrons. The second kappa shape index (κ2) is 10.4. The van der Waals surface area contributed by atoms with Crippen LogP contribution in [0.1, 0.15) is 45.1 Å². The van der Waals surface area contributed by atoms with Crippen LogP contribution in [0.5, 0.6) is 0 Å². The van der Waals surface area contributed by atoms with Crippen LogP contribution in [0, 0.1) is 5.92 Å². The molecule has 2 saturated heterocycles. The van der Waals surface area contributed by atoms with E-state index in [1.54, 1.807) is 12.1 Å². The number of rotatable bonds is 7. The molecular weight excluding hydrogens is 388 g/mol. The van der Waals surface area contributed by atoms with Gasteiger partial charge in [0.25, 0.3) is 0 Å². The quantitative estimate of drug-likeness (QED) is 0.521. The summed E-state index contributed by atoms with van der Waals surface area (Å²) in [6, 6.07) is 6.98. The number of hydrogen-bond donors (Lipinski definition) is 2. The van der Waals surface area contributed by atoms with Gasteiger partial charge in [-0.05, 0) is 56.2 Å². The van der Waals surface area contributed by atoms with Crippen molar-refractivity contribution in [3.8, 4) is 0 Å². The molecule has 2 N–H and O–H groups in total. The third-order valence-electron chi connectivity index (χ3n) is 5.59. The molecule has 8 heteroatoms. The number of aliphatic imine (C=N–C) groups is 1. The average Bonchev–Trinajstić information content (AvgIpc) is 3.25. The van der Waals surface area contributed by atoms with Crippen molar-refractivity contribution in [3.05, 3.63) is 29.8 Å². The zero-order valence-electron chi connectivity index (χ0n) is 17.6. The van der Waals surface area contributed by atoms with Crippen molar-refractivity contribution in [1.29, 1.82) is 0 Å². The number of hydrogen-bond acceptors (Lipinski definition) is 4. The zero-order valence-corrected chi connectivity index (χ0v) is 18.4. The van der Waals surface area contributed by atoms with E-state index in [-0.39, 0.29) is 11.0 Å². The number of sulfonamides is 1. The van der Waals surface area contributed by atoms with Crippen LogP contribution in [0.15, 0.2) is 34.2 Å². The molecule has 3 rings (SSSR count). The molecule has 0 amide bonds. The first-order valence-corrected chi connectivity index (χ1v) is 12.2. The van der Waals surface area contributed by atoms with Crippen LogP contribution in [0.3, 0.4) is 0 Å². The van der Waals surface area contributed by atoms with E-state index in [4.69, 9.17) is 9.73 Å². The van der Waals surface area contributed by atoms with E-state index in [0.717, 1.165) is 49.9 Å². The van der Waals surface area contributed by atoms with E-state index < -0.39 is 10.0 Å². The molecule has 1 unspecified atom stereocenters. The first-order chi connectivity index (χ1) is 14.0. The van der Waals surface area contributed by atoms with Crippen molar-refractivity contribution in [2.24, 2.45) is 10.9 Å². The summed E-state index contributed by atoms with van der Waals surface area (Å²) in [5.41, 5.74) is 0.990. The maximum Gasteiger partial charge on any atom is 0.240 e. The van der Waals surface area contributed by atoms with E-state index >= 15 is 0 Å². The summed E-state index contributed by atoms with van der Waals surface area (Å²) in [6.07, 6.45) is 4.27. The highest BCUT2D eigenvalue weighted by atomic mass is 32.2. The van der Waals surface area contributed by atoms with Crippen LogP contribution < -0.4 is 10.0 Å². The lowest BCUT2D eigenvalue weighted by Crippen LogP contribution is -2.45. The molecule has 2 aliphatic heterocycles. The average molecular weight is 423 g/mol. The minimum absolute atomic E-state index is 0.0133. The standard InChI is InChI=1S/C21H34N4O3S/c1-3-22-21(25-12-10-17(2)11-13-25)23-15-18-6-8-20(9-7-18)29(26,27)24-16-19-5-4-14-28-19/h6-9,17,19,24H,3-5,10-16H2,1-2H3,(H,22,23). The topological polar surface area (TPSA) is 83.0 Å². The predicted molar refractivity (Wildman–Crippen MR) is 115 cm³/mol. The van der Waals surface area contributed by atoms with E-state index in [9.17, 15) is 8.42 Å². The van der Waals surface area contributed by atoms with Gasteiger partial charge in [0.1, 0.15) is 0 Å². The number of likely N-dealkylation sites (tertiary alicyclic amines) is 1. The fraction of sp³-hybridized carbons (Fsp3) is 0.667. The fourth-order valence-electron chi connectivity index (χ4n) is 3.68. The Morgan fingerprint density at radius 3 is 2.55 bits per heavy atom. The van der Waals surface area contributed by atoms with Gasteiger partial charge in [0, 0.05) is 32.8 Å². The Labute approximate surface area is 175 Å². The molecule has 0 saturated carbocycles. The van der Waals surface area contributed by atoms with Crippen molar-refractivity contribution in [3.63, 3.8) is 0 Å². The molecule has 2 aliphatic rings. The second-order valence-electron chi connectivity index (χ2n) is 7.97. The highest BCUT2D eigenvalue weighted by Gasteiger charge is 2.21. The highest BCUT2D eigenvalue weighted by Crippen LogP contribution is 2.17. The number of benzene rings is 1. The van der Waals surface area contributed by atoms with Crippen LogP contribution in [0.25, 0.3) is 0 Å². The van der Waals surface area contributed by atoms with Crippen molar-refractivity contribution in [2.75, 3.05) is 32.8 Å². The zero-order chi connectivity index (χ0) is 20.7. The minimum atomic E-state index is -3.51. The third-order valence-corrected chi connectivity index (χ3v) is 7.03. The van der Waals surface area contributed by atoms with Crippen LogP contribution in [-0.4, -0.2) is 58.2 Å². The van der Waals surface area contributed by atoms with Gasteiger partial charge in [-0.15, -0.1) is 0 Å². The van der Waals surface area contributed by atoms with E-state index in [1.807, 2.05) is 12.1 Å². The summed E-state index contributed by atoms with van der Waals surface area (Å²) >= 11 is 0. The Bertz CT molecular complexity index is 766. The van der Waals surface area contributed by atoms with Gasteiger partial charge in [0.05, 0.1) is 17.5 Å². The van der Waals surface area contributed by atoms with Crippen molar-refractivity contribution < 1.29 is 13.2 Å². The predicted octanol–water partition coefficient (Wildman–Crippen LogP) is 2.34. The lowest BCUT2D eigenvalue weighted by molar-refractivity contribution is 0.114. The molecule has 29 heavy (non-hydrogen) atoms. The van der Waals surface area contributed by atoms with E-state index in [2.05, 4.69) is 28.8 Å². The maximum absolute atomic E-state index is 12.5. The molecular formula is C21H34N4O3S. The lowest BCUT2D eigenvalue weighted by Gasteiger charge is -2.33. The molecule has 1 atom stereocenters. The second-order valence-corrected chi connectivity index (χ2v) is 9.74. The Balaban J connectivity index is 1.58. The molecule has 0 aromatic heterocycles. The van der Waals surface area contributed by atoms with Gasteiger partial charge in [-0.2, -0.15) is 0 Å². The van der Waals surface area contributed by atoms with Crippen LogP contribution in [-0.2, 0) is 21.3 Å². The summed E-state index contributed by atoms with van der Waals surface area (Å²) in [7, 11) is -3.51. The van der Waals surface area contributed by atoms with Crippen LogP contribution >= 0.6 is 0 Å². The van der Waals surface area contributed by atoms with Gasteiger partial charge in [-0.1, -0.05) is 19.1 Å². The summed E-state index contributed by atoms with van der Waals surface area (Å²) in [5, 5.41) is 3.37. The highest BCUT2D eigenvalue weighted by molar-refractivity contribution is 7.89. The molecule has 2 fully saturated rings. The third kappa shape index (κ3) is 6.42. The van der Waals surface area contributed by atoms with Crippen molar-refractivity contribution >= 4 is 16.0 Å².